The molecule has 0 saturated heterocycles. The summed E-state index contributed by atoms with van der Waals surface area (Å²) in [5.74, 6) is -0.253. The minimum atomic E-state index is -0.253. The zero-order chi connectivity index (χ0) is 14.7. The summed E-state index contributed by atoms with van der Waals surface area (Å²) >= 11 is 0. The molecular weight excluding hydrogens is 302 g/mol. The van der Waals surface area contributed by atoms with Crippen molar-refractivity contribution in [1.82, 2.24) is 15.6 Å². The number of H-pyrrole nitrogens is 1. The molecule has 0 radical (unpaired) electrons. The minimum Gasteiger partial charge on any atom is -0.347 e. The Bertz CT molecular complexity index is 767. The Kier molecular flexibility index (Phi) is 5.35. The fourth-order valence-electron chi connectivity index (χ4n) is 2.45. The molecule has 5 nitrogen and oxygen atoms in total. The van der Waals surface area contributed by atoms with Crippen LogP contribution < -0.4 is 16.2 Å². The van der Waals surface area contributed by atoms with Gasteiger partial charge in [0.05, 0.1) is 0 Å². The minimum absolute atomic E-state index is 0. The van der Waals surface area contributed by atoms with Gasteiger partial charge in [0, 0.05) is 18.5 Å². The van der Waals surface area contributed by atoms with Crippen molar-refractivity contribution in [3.8, 4) is 0 Å². The van der Waals surface area contributed by atoms with Crippen LogP contribution in [0, 0.1) is 0 Å². The van der Waals surface area contributed by atoms with E-state index in [0.717, 1.165) is 24.9 Å². The Morgan fingerprint density at radius 3 is 2.86 bits per heavy atom. The molecule has 1 aromatic carbocycles. The van der Waals surface area contributed by atoms with Crippen LogP contribution in [0.4, 0.5) is 0 Å². The summed E-state index contributed by atoms with van der Waals surface area (Å²) in [7, 11) is 0. The van der Waals surface area contributed by atoms with Crippen LogP contribution in [0.15, 0.2) is 46.8 Å². The summed E-state index contributed by atoms with van der Waals surface area (Å²) in [4.78, 5) is 26.8. The molecule has 0 atom stereocenters. The maximum absolute atomic E-state index is 12.2. The first kappa shape index (κ1) is 16.3. The molecule has 1 amide bonds. The molecule has 1 aromatic heterocycles. The number of pyridine rings is 1. The van der Waals surface area contributed by atoms with Crippen molar-refractivity contribution in [3.05, 3.63) is 58.0 Å². The van der Waals surface area contributed by atoms with Crippen LogP contribution in [0.3, 0.4) is 0 Å². The van der Waals surface area contributed by atoms with Gasteiger partial charge in [0.25, 0.3) is 11.5 Å². The van der Waals surface area contributed by atoms with E-state index in [9.17, 15) is 9.59 Å². The lowest BCUT2D eigenvalue weighted by Crippen LogP contribution is -2.31. The number of aromatic amines is 1. The highest BCUT2D eigenvalue weighted by molar-refractivity contribution is 5.96. The summed E-state index contributed by atoms with van der Waals surface area (Å²) in [6, 6.07) is 8.94. The number of rotatable bonds is 3. The number of amides is 1. The third kappa shape index (κ3) is 3.55. The van der Waals surface area contributed by atoms with Gasteiger partial charge in [-0.25, -0.2) is 0 Å². The second-order valence-electron chi connectivity index (χ2n) is 5.10. The maximum atomic E-state index is 12.2. The summed E-state index contributed by atoms with van der Waals surface area (Å²) in [5.41, 5.74) is 1.28. The number of aromatic nitrogens is 1. The molecule has 2 heterocycles. The van der Waals surface area contributed by atoms with Crippen LogP contribution in [-0.4, -0.2) is 30.5 Å². The van der Waals surface area contributed by atoms with Crippen molar-refractivity contribution in [2.45, 2.75) is 6.42 Å². The third-order valence-electron chi connectivity index (χ3n) is 3.63. The summed E-state index contributed by atoms with van der Waals surface area (Å²) in [6.07, 6.45) is 3.03. The van der Waals surface area contributed by atoms with E-state index in [2.05, 4.69) is 21.7 Å². The molecule has 3 rings (SSSR count). The van der Waals surface area contributed by atoms with E-state index in [0.29, 0.717) is 17.6 Å². The lowest BCUT2D eigenvalue weighted by atomic mass is 10.1. The number of hydrogen-bond donors (Lipinski definition) is 3. The second-order valence-corrected chi connectivity index (χ2v) is 5.10. The molecule has 0 unspecified atom stereocenters. The van der Waals surface area contributed by atoms with Crippen LogP contribution in [0.5, 0.6) is 0 Å². The Morgan fingerprint density at radius 2 is 2.09 bits per heavy atom. The molecule has 2 aromatic rings. The SMILES string of the molecule is Cl.O=C(NCC1=CCNCC1)c1cc2ccccc2c(=O)[nH]1. The first-order valence-corrected chi connectivity index (χ1v) is 7.03. The van der Waals surface area contributed by atoms with Gasteiger partial charge in [0.1, 0.15) is 5.69 Å². The van der Waals surface area contributed by atoms with E-state index in [-0.39, 0.29) is 23.9 Å². The van der Waals surface area contributed by atoms with E-state index in [4.69, 9.17) is 0 Å². The molecule has 116 valence electrons. The van der Waals surface area contributed by atoms with E-state index >= 15 is 0 Å². The van der Waals surface area contributed by atoms with Crippen LogP contribution >= 0.6 is 12.4 Å². The molecule has 3 N–H and O–H groups in total. The van der Waals surface area contributed by atoms with Crippen molar-refractivity contribution in [3.63, 3.8) is 0 Å². The fraction of sp³-hybridized carbons (Fsp3) is 0.250. The molecule has 0 aliphatic carbocycles. The molecule has 1 aliphatic rings. The van der Waals surface area contributed by atoms with Gasteiger partial charge in [-0.05, 0) is 30.5 Å². The fourth-order valence-corrected chi connectivity index (χ4v) is 2.45. The topological polar surface area (TPSA) is 74.0 Å². The predicted octanol–water partition coefficient (Wildman–Crippen LogP) is 1.60. The first-order valence-electron chi connectivity index (χ1n) is 7.03. The normalized spacial score (nSPS) is 14.1. The van der Waals surface area contributed by atoms with Gasteiger partial charge in [-0.2, -0.15) is 0 Å². The van der Waals surface area contributed by atoms with Crippen molar-refractivity contribution in [2.24, 2.45) is 0 Å². The Balaban J connectivity index is 0.00000176. The van der Waals surface area contributed by atoms with Gasteiger partial charge in [0.2, 0.25) is 0 Å². The molecular formula is C16H18ClN3O2. The van der Waals surface area contributed by atoms with E-state index in [1.54, 1.807) is 18.2 Å². The summed E-state index contributed by atoms with van der Waals surface area (Å²) in [5, 5.41) is 7.44. The van der Waals surface area contributed by atoms with E-state index in [1.807, 2.05) is 12.1 Å². The van der Waals surface area contributed by atoms with Crippen LogP contribution in [0.2, 0.25) is 0 Å². The Morgan fingerprint density at radius 1 is 1.27 bits per heavy atom. The molecule has 0 bridgehead atoms. The third-order valence-corrected chi connectivity index (χ3v) is 3.63. The van der Waals surface area contributed by atoms with Gasteiger partial charge < -0.3 is 15.6 Å². The zero-order valence-corrected chi connectivity index (χ0v) is 12.8. The molecule has 0 saturated carbocycles. The highest BCUT2D eigenvalue weighted by Gasteiger charge is 2.10. The largest absolute Gasteiger partial charge is 0.347 e. The van der Waals surface area contributed by atoms with Gasteiger partial charge >= 0.3 is 0 Å². The van der Waals surface area contributed by atoms with Crippen molar-refractivity contribution in [1.29, 1.82) is 0 Å². The molecule has 0 fully saturated rings. The first-order chi connectivity index (χ1) is 10.2. The lowest BCUT2D eigenvalue weighted by Gasteiger charge is -2.14. The quantitative estimate of drug-likeness (QED) is 0.752. The van der Waals surface area contributed by atoms with Crippen molar-refractivity contribution in [2.75, 3.05) is 19.6 Å². The Hall–Kier alpha value is -2.11. The summed E-state index contributed by atoms with van der Waals surface area (Å²) in [6.45, 7) is 2.31. The standard InChI is InChI=1S/C16H17N3O2.ClH/c20-15-13-4-2-1-3-12(13)9-14(19-15)16(21)18-10-11-5-7-17-8-6-11;/h1-5,9,17H,6-8,10H2,(H,18,21)(H,19,20);1H. The molecule has 6 heteroatoms. The maximum Gasteiger partial charge on any atom is 0.268 e. The Labute approximate surface area is 134 Å². The number of carbonyl (C=O) groups excluding carboxylic acids is 1. The highest BCUT2D eigenvalue weighted by atomic mass is 35.5. The van der Waals surface area contributed by atoms with Gasteiger partial charge in [-0.1, -0.05) is 29.8 Å². The van der Waals surface area contributed by atoms with Crippen molar-refractivity contribution >= 4 is 29.1 Å². The smallest absolute Gasteiger partial charge is 0.268 e. The number of benzene rings is 1. The second kappa shape index (κ2) is 7.24. The summed E-state index contributed by atoms with van der Waals surface area (Å²) < 4.78 is 0. The van der Waals surface area contributed by atoms with Gasteiger partial charge in [-0.15, -0.1) is 12.4 Å². The predicted molar refractivity (Wildman–Crippen MR) is 89.7 cm³/mol. The molecule has 1 aliphatic heterocycles. The molecule has 22 heavy (non-hydrogen) atoms. The van der Waals surface area contributed by atoms with Gasteiger partial charge in [-0.3, -0.25) is 9.59 Å². The average Bonchev–Trinajstić information content (AvgIpc) is 2.53. The van der Waals surface area contributed by atoms with Crippen LogP contribution in [-0.2, 0) is 0 Å². The van der Waals surface area contributed by atoms with Crippen LogP contribution in [0.25, 0.3) is 10.8 Å². The number of fused-ring (bicyclic) bond motifs is 1. The van der Waals surface area contributed by atoms with Crippen molar-refractivity contribution < 1.29 is 4.79 Å². The zero-order valence-electron chi connectivity index (χ0n) is 12.0. The van der Waals surface area contributed by atoms with Gasteiger partial charge in [0.15, 0.2) is 0 Å². The van der Waals surface area contributed by atoms with E-state index in [1.165, 1.54) is 5.57 Å². The monoisotopic (exact) mass is 319 g/mol. The number of hydrogen-bond acceptors (Lipinski definition) is 3. The van der Waals surface area contributed by atoms with Crippen LogP contribution in [0.1, 0.15) is 16.9 Å². The average molecular weight is 320 g/mol. The number of nitrogens with one attached hydrogen (secondary N) is 3. The highest BCUT2D eigenvalue weighted by Crippen LogP contribution is 2.10. The number of halogens is 1. The van der Waals surface area contributed by atoms with E-state index < -0.39 is 0 Å². The lowest BCUT2D eigenvalue weighted by molar-refractivity contribution is 0.0951. The molecule has 0 spiro atoms. The number of carbonyl (C=O) groups is 1.